The van der Waals surface area contributed by atoms with Gasteiger partial charge in [0, 0.05) is 12.6 Å². The van der Waals surface area contributed by atoms with E-state index in [-0.39, 0.29) is 0 Å². The summed E-state index contributed by atoms with van der Waals surface area (Å²) in [6, 6.07) is 10.1. The van der Waals surface area contributed by atoms with Gasteiger partial charge in [0.05, 0.1) is 6.20 Å². The molecule has 0 aliphatic heterocycles. The summed E-state index contributed by atoms with van der Waals surface area (Å²) in [6.45, 7) is 4.29. The molecule has 2 heterocycles. The van der Waals surface area contributed by atoms with E-state index in [0.717, 1.165) is 5.56 Å². The van der Waals surface area contributed by atoms with Gasteiger partial charge in [-0.1, -0.05) is 43.3 Å². The SMILES string of the molecule is CC(C)c1ccc(-c2noc(-c3c(C#N)cnn3C)n2)cc1. The average molecular weight is 293 g/mol. The molecule has 0 spiro atoms. The van der Waals surface area contributed by atoms with Crippen molar-refractivity contribution in [2.45, 2.75) is 19.8 Å². The molecular weight excluding hydrogens is 278 g/mol. The van der Waals surface area contributed by atoms with Crippen molar-refractivity contribution in [2.24, 2.45) is 7.05 Å². The first-order chi connectivity index (χ1) is 10.6. The van der Waals surface area contributed by atoms with Gasteiger partial charge >= 0.3 is 0 Å². The Balaban J connectivity index is 1.97. The zero-order chi connectivity index (χ0) is 15.7. The minimum Gasteiger partial charge on any atom is -0.332 e. The van der Waals surface area contributed by atoms with Gasteiger partial charge in [0.15, 0.2) is 0 Å². The fraction of sp³-hybridized carbons (Fsp3) is 0.250. The predicted molar refractivity (Wildman–Crippen MR) is 80.7 cm³/mol. The Labute approximate surface area is 128 Å². The van der Waals surface area contributed by atoms with E-state index in [9.17, 15) is 0 Å². The van der Waals surface area contributed by atoms with E-state index < -0.39 is 0 Å². The Bertz CT molecular complexity index is 836. The number of benzene rings is 1. The number of nitriles is 1. The van der Waals surface area contributed by atoms with Crippen molar-refractivity contribution in [2.75, 3.05) is 0 Å². The summed E-state index contributed by atoms with van der Waals surface area (Å²) < 4.78 is 6.84. The van der Waals surface area contributed by atoms with Crippen LogP contribution in [0.25, 0.3) is 23.0 Å². The molecule has 6 heteroatoms. The van der Waals surface area contributed by atoms with Crippen LogP contribution < -0.4 is 0 Å². The molecule has 3 rings (SSSR count). The molecule has 0 unspecified atom stereocenters. The zero-order valence-corrected chi connectivity index (χ0v) is 12.6. The van der Waals surface area contributed by atoms with E-state index in [1.165, 1.54) is 11.8 Å². The van der Waals surface area contributed by atoms with E-state index in [1.807, 2.05) is 12.1 Å². The van der Waals surface area contributed by atoms with E-state index >= 15 is 0 Å². The van der Waals surface area contributed by atoms with E-state index in [2.05, 4.69) is 47.3 Å². The van der Waals surface area contributed by atoms with Gasteiger partial charge in [-0.25, -0.2) is 0 Å². The molecular formula is C16H15N5O. The standard InChI is InChI=1S/C16H15N5O/c1-10(2)11-4-6-12(7-5-11)15-19-16(22-20-15)14-13(8-17)9-18-21(14)3/h4-7,9-10H,1-3H3. The number of aromatic nitrogens is 4. The first-order valence-electron chi connectivity index (χ1n) is 6.96. The lowest BCUT2D eigenvalue weighted by Gasteiger charge is -2.04. The lowest BCUT2D eigenvalue weighted by molar-refractivity contribution is 0.428. The third-order valence-corrected chi connectivity index (χ3v) is 3.52. The van der Waals surface area contributed by atoms with Crippen LogP contribution in [0.3, 0.4) is 0 Å². The third kappa shape index (κ3) is 2.37. The first-order valence-corrected chi connectivity index (χ1v) is 6.96. The fourth-order valence-corrected chi connectivity index (χ4v) is 2.23. The Kier molecular flexibility index (Phi) is 3.47. The molecule has 0 N–H and O–H groups in total. The number of aryl methyl sites for hydroxylation is 1. The van der Waals surface area contributed by atoms with Crippen molar-refractivity contribution in [1.82, 2.24) is 19.9 Å². The van der Waals surface area contributed by atoms with Crippen LogP contribution in [0, 0.1) is 11.3 Å². The molecule has 3 aromatic rings. The van der Waals surface area contributed by atoms with Gasteiger partial charge in [0.2, 0.25) is 5.82 Å². The predicted octanol–water partition coefficient (Wildman–Crippen LogP) is 3.13. The molecule has 0 amide bonds. The summed E-state index contributed by atoms with van der Waals surface area (Å²) in [7, 11) is 1.73. The first kappa shape index (κ1) is 14.0. The summed E-state index contributed by atoms with van der Waals surface area (Å²) >= 11 is 0. The van der Waals surface area contributed by atoms with E-state index in [0.29, 0.717) is 28.9 Å². The lowest BCUT2D eigenvalue weighted by atomic mass is 10.0. The lowest BCUT2D eigenvalue weighted by Crippen LogP contribution is -1.94. The minimum atomic E-state index is 0.291. The Hall–Kier alpha value is -2.94. The third-order valence-electron chi connectivity index (χ3n) is 3.52. The highest BCUT2D eigenvalue weighted by molar-refractivity contribution is 5.62. The highest BCUT2D eigenvalue weighted by Crippen LogP contribution is 2.25. The smallest absolute Gasteiger partial charge is 0.277 e. The van der Waals surface area contributed by atoms with E-state index in [1.54, 1.807) is 11.7 Å². The molecule has 0 saturated carbocycles. The van der Waals surface area contributed by atoms with Crippen LogP contribution in [0.15, 0.2) is 35.0 Å². The maximum Gasteiger partial charge on any atom is 0.277 e. The molecule has 1 aromatic carbocycles. The highest BCUT2D eigenvalue weighted by atomic mass is 16.5. The Morgan fingerprint density at radius 1 is 1.23 bits per heavy atom. The van der Waals surface area contributed by atoms with Crippen LogP contribution in [-0.4, -0.2) is 19.9 Å². The molecule has 0 aliphatic carbocycles. The molecule has 110 valence electrons. The monoisotopic (exact) mass is 293 g/mol. The normalized spacial score (nSPS) is 10.9. The zero-order valence-electron chi connectivity index (χ0n) is 12.6. The molecule has 22 heavy (non-hydrogen) atoms. The maximum absolute atomic E-state index is 9.11. The second kappa shape index (κ2) is 5.45. The Morgan fingerprint density at radius 2 is 1.95 bits per heavy atom. The Morgan fingerprint density at radius 3 is 2.59 bits per heavy atom. The quantitative estimate of drug-likeness (QED) is 0.741. The van der Waals surface area contributed by atoms with Gasteiger partial charge in [-0.2, -0.15) is 15.3 Å². The van der Waals surface area contributed by atoms with Gasteiger partial charge in [-0.3, -0.25) is 4.68 Å². The number of hydrogen-bond donors (Lipinski definition) is 0. The van der Waals surface area contributed by atoms with Crippen molar-refractivity contribution >= 4 is 0 Å². The van der Waals surface area contributed by atoms with Crippen molar-refractivity contribution in [3.63, 3.8) is 0 Å². The molecule has 0 atom stereocenters. The van der Waals surface area contributed by atoms with Crippen molar-refractivity contribution in [3.05, 3.63) is 41.6 Å². The molecule has 0 fully saturated rings. The highest BCUT2D eigenvalue weighted by Gasteiger charge is 2.18. The van der Waals surface area contributed by atoms with Crippen LogP contribution in [0.4, 0.5) is 0 Å². The van der Waals surface area contributed by atoms with Gasteiger partial charge < -0.3 is 4.52 Å². The van der Waals surface area contributed by atoms with Gasteiger partial charge in [-0.05, 0) is 11.5 Å². The molecule has 0 saturated heterocycles. The summed E-state index contributed by atoms with van der Waals surface area (Å²) in [5, 5.41) is 17.1. The van der Waals surface area contributed by atoms with Crippen LogP contribution in [0.1, 0.15) is 30.9 Å². The van der Waals surface area contributed by atoms with Gasteiger partial charge in [-0.15, -0.1) is 0 Å². The summed E-state index contributed by atoms with van der Waals surface area (Å²) in [5.74, 6) is 1.26. The molecule has 6 nitrogen and oxygen atoms in total. The van der Waals surface area contributed by atoms with Gasteiger partial charge in [0.1, 0.15) is 17.3 Å². The van der Waals surface area contributed by atoms with Crippen LogP contribution in [-0.2, 0) is 7.05 Å². The number of rotatable bonds is 3. The largest absolute Gasteiger partial charge is 0.332 e. The molecule has 0 bridgehead atoms. The van der Waals surface area contributed by atoms with Crippen molar-refractivity contribution in [1.29, 1.82) is 5.26 Å². The van der Waals surface area contributed by atoms with Gasteiger partial charge in [0.25, 0.3) is 5.89 Å². The molecule has 0 radical (unpaired) electrons. The maximum atomic E-state index is 9.11. The van der Waals surface area contributed by atoms with Crippen LogP contribution in [0.2, 0.25) is 0 Å². The average Bonchev–Trinajstić information content (AvgIpc) is 3.13. The van der Waals surface area contributed by atoms with Crippen LogP contribution in [0.5, 0.6) is 0 Å². The summed E-state index contributed by atoms with van der Waals surface area (Å²) in [6.07, 6.45) is 1.48. The van der Waals surface area contributed by atoms with Crippen molar-refractivity contribution < 1.29 is 4.52 Å². The van der Waals surface area contributed by atoms with E-state index in [4.69, 9.17) is 9.78 Å². The van der Waals surface area contributed by atoms with Crippen molar-refractivity contribution in [3.8, 4) is 29.0 Å². The summed E-state index contributed by atoms with van der Waals surface area (Å²) in [5.41, 5.74) is 3.07. The fourth-order valence-electron chi connectivity index (χ4n) is 2.23. The summed E-state index contributed by atoms with van der Waals surface area (Å²) in [4.78, 5) is 4.38. The minimum absolute atomic E-state index is 0.291. The second-order valence-corrected chi connectivity index (χ2v) is 5.34. The van der Waals surface area contributed by atoms with Crippen LogP contribution >= 0.6 is 0 Å². The molecule has 2 aromatic heterocycles. The second-order valence-electron chi connectivity index (χ2n) is 5.34. The topological polar surface area (TPSA) is 80.5 Å². The molecule has 0 aliphatic rings. The number of hydrogen-bond acceptors (Lipinski definition) is 5. The number of nitrogens with zero attached hydrogens (tertiary/aromatic N) is 5.